The molecule has 1 aromatic carbocycles. The van der Waals surface area contributed by atoms with E-state index in [-0.39, 0.29) is 24.3 Å². The minimum absolute atomic E-state index is 0.0323. The zero-order valence-electron chi connectivity index (χ0n) is 14.9. The Hall–Kier alpha value is -1.73. The van der Waals surface area contributed by atoms with Crippen LogP contribution >= 0.6 is 23.4 Å². The molecular formula is C18H23ClN2O4S. The maximum atomic E-state index is 12.7. The van der Waals surface area contributed by atoms with Crippen LogP contribution in [0.2, 0.25) is 5.02 Å². The lowest BCUT2D eigenvalue weighted by Gasteiger charge is -2.31. The topological polar surface area (TPSA) is 77.9 Å². The fourth-order valence-electron chi connectivity index (χ4n) is 2.90. The molecule has 6 nitrogen and oxygen atoms in total. The quantitative estimate of drug-likeness (QED) is 0.745. The van der Waals surface area contributed by atoms with Gasteiger partial charge in [0.25, 0.3) is 5.91 Å². The number of nitrogens with zero attached hydrogens (tertiary/aromatic N) is 2. The third-order valence-corrected chi connectivity index (χ3v) is 5.56. The summed E-state index contributed by atoms with van der Waals surface area (Å²) in [6, 6.07) is 5.11. The lowest BCUT2D eigenvalue weighted by Crippen LogP contribution is -2.45. The minimum atomic E-state index is -0.812. The number of likely N-dealkylation sites (N-methyl/N-ethyl adjacent to an activating group) is 1. The van der Waals surface area contributed by atoms with Crippen LogP contribution in [-0.2, 0) is 9.59 Å². The van der Waals surface area contributed by atoms with E-state index in [0.717, 1.165) is 10.6 Å². The second-order valence-corrected chi connectivity index (χ2v) is 7.97. The van der Waals surface area contributed by atoms with Gasteiger partial charge in [-0.2, -0.15) is 0 Å². The van der Waals surface area contributed by atoms with Crippen molar-refractivity contribution < 1.29 is 19.5 Å². The molecule has 0 aliphatic carbocycles. The van der Waals surface area contributed by atoms with Crippen molar-refractivity contribution in [3.8, 4) is 0 Å². The summed E-state index contributed by atoms with van der Waals surface area (Å²) in [4.78, 5) is 40.0. The lowest BCUT2D eigenvalue weighted by atomic mass is 9.97. The Labute approximate surface area is 162 Å². The summed E-state index contributed by atoms with van der Waals surface area (Å²) < 4.78 is 0. The zero-order valence-corrected chi connectivity index (χ0v) is 16.5. The van der Waals surface area contributed by atoms with E-state index < -0.39 is 5.97 Å². The molecule has 26 heavy (non-hydrogen) atoms. The number of carboxylic acids is 1. The molecule has 1 aromatic rings. The van der Waals surface area contributed by atoms with Crippen molar-refractivity contribution in [2.24, 2.45) is 5.92 Å². The Morgan fingerprint density at radius 3 is 2.54 bits per heavy atom. The molecule has 0 saturated carbocycles. The molecule has 2 rings (SSSR count). The van der Waals surface area contributed by atoms with E-state index in [1.807, 2.05) is 6.92 Å². The van der Waals surface area contributed by atoms with Crippen molar-refractivity contribution in [3.63, 3.8) is 0 Å². The number of benzene rings is 1. The van der Waals surface area contributed by atoms with Gasteiger partial charge in [-0.15, -0.1) is 11.8 Å². The van der Waals surface area contributed by atoms with Crippen molar-refractivity contribution in [2.75, 3.05) is 32.4 Å². The van der Waals surface area contributed by atoms with Gasteiger partial charge in [0, 0.05) is 30.1 Å². The van der Waals surface area contributed by atoms with Crippen LogP contribution in [0.1, 0.15) is 30.1 Å². The van der Waals surface area contributed by atoms with Gasteiger partial charge < -0.3 is 14.9 Å². The van der Waals surface area contributed by atoms with Crippen molar-refractivity contribution in [1.82, 2.24) is 9.80 Å². The van der Waals surface area contributed by atoms with Crippen LogP contribution in [0.15, 0.2) is 23.1 Å². The molecule has 0 unspecified atom stereocenters. The average Bonchev–Trinajstić information content (AvgIpc) is 2.61. The molecule has 8 heteroatoms. The standard InChI is InChI=1S/C18H23ClN2O4S/c1-3-26-15-10-13(19)4-5-14(15)17(23)20(2)11-16(22)21-8-6-12(7-9-21)18(24)25/h4-5,10,12H,3,6-9,11H2,1-2H3,(H,24,25). The molecule has 2 amide bonds. The Kier molecular flexibility index (Phi) is 7.34. The van der Waals surface area contributed by atoms with E-state index >= 15 is 0 Å². The number of carboxylic acid groups (broad SMARTS) is 1. The Bertz CT molecular complexity index is 690. The fourth-order valence-corrected chi connectivity index (χ4v) is 3.97. The maximum absolute atomic E-state index is 12.7. The van der Waals surface area contributed by atoms with Crippen molar-refractivity contribution in [1.29, 1.82) is 0 Å². The van der Waals surface area contributed by atoms with E-state index in [1.54, 1.807) is 30.1 Å². The summed E-state index contributed by atoms with van der Waals surface area (Å²) >= 11 is 7.54. The Morgan fingerprint density at radius 2 is 1.96 bits per heavy atom. The van der Waals surface area contributed by atoms with E-state index in [0.29, 0.717) is 36.5 Å². The highest BCUT2D eigenvalue weighted by atomic mass is 35.5. The van der Waals surface area contributed by atoms with Gasteiger partial charge in [0.15, 0.2) is 0 Å². The molecule has 0 aromatic heterocycles. The molecule has 0 bridgehead atoms. The van der Waals surface area contributed by atoms with E-state index in [1.165, 1.54) is 16.7 Å². The van der Waals surface area contributed by atoms with Gasteiger partial charge in [0.2, 0.25) is 5.91 Å². The number of amides is 2. The molecule has 1 N–H and O–H groups in total. The number of likely N-dealkylation sites (tertiary alicyclic amines) is 1. The zero-order chi connectivity index (χ0) is 19.3. The molecule has 1 aliphatic heterocycles. The Balaban J connectivity index is 1.99. The lowest BCUT2D eigenvalue weighted by molar-refractivity contribution is -0.145. The summed E-state index contributed by atoms with van der Waals surface area (Å²) in [6.07, 6.45) is 0.903. The summed E-state index contributed by atoms with van der Waals surface area (Å²) in [5.74, 6) is -0.786. The van der Waals surface area contributed by atoms with E-state index in [4.69, 9.17) is 16.7 Å². The minimum Gasteiger partial charge on any atom is -0.481 e. The highest BCUT2D eigenvalue weighted by Crippen LogP contribution is 2.27. The van der Waals surface area contributed by atoms with Crippen molar-refractivity contribution in [2.45, 2.75) is 24.7 Å². The first-order valence-corrected chi connectivity index (χ1v) is 9.88. The highest BCUT2D eigenvalue weighted by molar-refractivity contribution is 7.99. The summed E-state index contributed by atoms with van der Waals surface area (Å²) in [7, 11) is 1.60. The largest absolute Gasteiger partial charge is 0.481 e. The molecule has 1 fully saturated rings. The van der Waals surface area contributed by atoms with E-state index in [2.05, 4.69) is 0 Å². The number of aliphatic carboxylic acids is 1. The van der Waals surface area contributed by atoms with Gasteiger partial charge in [0.1, 0.15) is 0 Å². The molecule has 1 saturated heterocycles. The first-order valence-electron chi connectivity index (χ1n) is 8.51. The molecule has 0 radical (unpaired) electrons. The number of hydrogen-bond acceptors (Lipinski definition) is 4. The third-order valence-electron chi connectivity index (χ3n) is 4.39. The second kappa shape index (κ2) is 9.28. The predicted molar refractivity (Wildman–Crippen MR) is 102 cm³/mol. The van der Waals surface area contributed by atoms with Gasteiger partial charge in [-0.3, -0.25) is 14.4 Å². The predicted octanol–water partition coefficient (Wildman–Crippen LogP) is 2.85. The normalized spacial score (nSPS) is 15.0. The van der Waals surface area contributed by atoms with Crippen LogP contribution in [-0.4, -0.2) is 65.1 Å². The Morgan fingerprint density at radius 1 is 1.31 bits per heavy atom. The monoisotopic (exact) mass is 398 g/mol. The van der Waals surface area contributed by atoms with Gasteiger partial charge >= 0.3 is 5.97 Å². The number of hydrogen-bond donors (Lipinski definition) is 1. The molecule has 0 atom stereocenters. The maximum Gasteiger partial charge on any atom is 0.306 e. The number of piperidine rings is 1. The fraction of sp³-hybridized carbons (Fsp3) is 0.500. The highest BCUT2D eigenvalue weighted by Gasteiger charge is 2.28. The van der Waals surface area contributed by atoms with Gasteiger partial charge in [-0.25, -0.2) is 0 Å². The molecule has 1 heterocycles. The number of carbonyl (C=O) groups is 3. The van der Waals surface area contributed by atoms with Crippen LogP contribution in [0.4, 0.5) is 0 Å². The average molecular weight is 399 g/mol. The number of carbonyl (C=O) groups excluding carboxylic acids is 2. The van der Waals surface area contributed by atoms with Crippen molar-refractivity contribution >= 4 is 41.1 Å². The molecule has 142 valence electrons. The molecular weight excluding hydrogens is 376 g/mol. The van der Waals surface area contributed by atoms with Gasteiger partial charge in [0.05, 0.1) is 18.0 Å². The van der Waals surface area contributed by atoms with Gasteiger partial charge in [-0.1, -0.05) is 18.5 Å². The van der Waals surface area contributed by atoms with E-state index in [9.17, 15) is 14.4 Å². The number of rotatable bonds is 6. The third kappa shape index (κ3) is 5.14. The van der Waals surface area contributed by atoms with Crippen LogP contribution in [0.3, 0.4) is 0 Å². The van der Waals surface area contributed by atoms with Gasteiger partial charge in [-0.05, 0) is 36.8 Å². The molecule has 1 aliphatic rings. The number of thioether (sulfide) groups is 1. The van der Waals surface area contributed by atoms with Crippen LogP contribution in [0.25, 0.3) is 0 Å². The number of halogens is 1. The summed E-state index contributed by atoms with van der Waals surface area (Å²) in [5, 5.41) is 9.60. The molecule has 0 spiro atoms. The second-order valence-electron chi connectivity index (χ2n) is 6.23. The van der Waals surface area contributed by atoms with Crippen LogP contribution in [0.5, 0.6) is 0 Å². The first kappa shape index (κ1) is 20.6. The summed E-state index contributed by atoms with van der Waals surface area (Å²) in [5.41, 5.74) is 0.529. The van der Waals surface area contributed by atoms with Crippen LogP contribution in [0, 0.1) is 5.92 Å². The first-order chi connectivity index (χ1) is 12.3. The van der Waals surface area contributed by atoms with Crippen LogP contribution < -0.4 is 0 Å². The van der Waals surface area contributed by atoms with Crippen molar-refractivity contribution in [3.05, 3.63) is 28.8 Å². The summed E-state index contributed by atoms with van der Waals surface area (Å²) in [6.45, 7) is 2.79. The smallest absolute Gasteiger partial charge is 0.306 e. The SMILES string of the molecule is CCSc1cc(Cl)ccc1C(=O)N(C)CC(=O)N1CCC(C(=O)O)CC1.